The molecule has 2 aromatic heterocycles. The summed E-state index contributed by atoms with van der Waals surface area (Å²) in [5, 5.41) is 8.31. The number of nitrogens with one attached hydrogen (secondary N) is 1. The molecule has 0 unspecified atom stereocenters. The lowest BCUT2D eigenvalue weighted by Crippen LogP contribution is -2.22. The maximum Gasteiger partial charge on any atom is 0.247 e. The number of hydrazone groups is 1. The van der Waals surface area contributed by atoms with Crippen LogP contribution in [0.4, 0.5) is 0 Å². The number of hydrogen-bond donors (Lipinski definition) is 1. The van der Waals surface area contributed by atoms with Crippen molar-refractivity contribution in [3.05, 3.63) is 72.6 Å². The molecule has 1 amide bonds. The summed E-state index contributed by atoms with van der Waals surface area (Å²) in [4.78, 5) is 20.7. The van der Waals surface area contributed by atoms with Crippen LogP contribution in [0.1, 0.15) is 18.3 Å². The molecule has 0 aliphatic carbocycles. The van der Waals surface area contributed by atoms with Gasteiger partial charge in [-0.15, -0.1) is 0 Å². The Morgan fingerprint density at radius 1 is 1.14 bits per heavy atom. The first-order valence-corrected chi connectivity index (χ1v) is 8.81. The lowest BCUT2D eigenvalue weighted by molar-refractivity contribution is -0.120. The molecule has 0 bridgehead atoms. The Hall–Kier alpha value is -3.81. The van der Waals surface area contributed by atoms with Gasteiger partial charge in [-0.25, -0.2) is 20.1 Å². The maximum atomic E-state index is 12.3. The van der Waals surface area contributed by atoms with Crippen LogP contribution < -0.4 is 5.43 Å². The van der Waals surface area contributed by atoms with Gasteiger partial charge in [0.1, 0.15) is 18.5 Å². The smallest absolute Gasteiger partial charge is 0.247 e. The summed E-state index contributed by atoms with van der Waals surface area (Å²) in [6, 6.07) is 15.5. The number of carbonyl (C=O) groups excluding carboxylic acids is 1. The molecular formula is C20H19N7O. The molecule has 0 saturated carbocycles. The third-order valence-electron chi connectivity index (χ3n) is 4.52. The first kappa shape index (κ1) is 17.6. The molecule has 2 aromatic carbocycles. The number of fused-ring (bicyclic) bond motifs is 1. The zero-order valence-corrected chi connectivity index (χ0v) is 15.6. The fourth-order valence-corrected chi connectivity index (χ4v) is 2.94. The van der Waals surface area contributed by atoms with Gasteiger partial charge < -0.3 is 4.57 Å². The SMILES string of the molecule is C/C(=N\NC(=O)Cc1nc2ccccc2n1C)c1ccc(-n2cncn2)cc1. The summed E-state index contributed by atoms with van der Waals surface area (Å²) in [7, 11) is 1.91. The van der Waals surface area contributed by atoms with E-state index in [1.165, 1.54) is 6.33 Å². The summed E-state index contributed by atoms with van der Waals surface area (Å²) in [5.41, 5.74) is 7.01. The third kappa shape index (κ3) is 3.52. The molecule has 0 fully saturated rings. The molecule has 4 aromatic rings. The Bertz CT molecular complexity index is 1140. The second-order valence-corrected chi connectivity index (χ2v) is 6.37. The highest BCUT2D eigenvalue weighted by molar-refractivity contribution is 5.99. The highest BCUT2D eigenvalue weighted by Gasteiger charge is 2.11. The molecule has 8 nitrogen and oxygen atoms in total. The van der Waals surface area contributed by atoms with Crippen LogP contribution in [0.15, 0.2) is 66.3 Å². The van der Waals surface area contributed by atoms with Gasteiger partial charge >= 0.3 is 0 Å². The summed E-state index contributed by atoms with van der Waals surface area (Å²) >= 11 is 0. The first-order valence-electron chi connectivity index (χ1n) is 8.81. The molecule has 4 rings (SSSR count). The van der Waals surface area contributed by atoms with E-state index in [0.29, 0.717) is 11.5 Å². The molecule has 8 heteroatoms. The Balaban J connectivity index is 1.42. The second-order valence-electron chi connectivity index (χ2n) is 6.37. The van der Waals surface area contributed by atoms with Crippen molar-refractivity contribution < 1.29 is 4.79 Å². The summed E-state index contributed by atoms with van der Waals surface area (Å²) in [6.07, 6.45) is 3.28. The van der Waals surface area contributed by atoms with E-state index >= 15 is 0 Å². The van der Waals surface area contributed by atoms with Crippen molar-refractivity contribution in [1.29, 1.82) is 0 Å². The van der Waals surface area contributed by atoms with Crippen LogP contribution in [0.25, 0.3) is 16.7 Å². The number of benzene rings is 2. The van der Waals surface area contributed by atoms with Crippen molar-refractivity contribution >= 4 is 22.7 Å². The third-order valence-corrected chi connectivity index (χ3v) is 4.52. The van der Waals surface area contributed by atoms with Gasteiger partial charge in [-0.3, -0.25) is 4.79 Å². The molecule has 1 N–H and O–H groups in total. The molecule has 0 radical (unpaired) electrons. The summed E-state index contributed by atoms with van der Waals surface area (Å²) in [5.74, 6) is 0.487. The molecular weight excluding hydrogens is 354 g/mol. The van der Waals surface area contributed by atoms with E-state index in [9.17, 15) is 4.79 Å². The monoisotopic (exact) mass is 373 g/mol. The number of amides is 1. The number of aryl methyl sites for hydroxylation is 1. The molecule has 0 saturated heterocycles. The van der Waals surface area contributed by atoms with Crippen LogP contribution in [0.2, 0.25) is 0 Å². The first-order chi connectivity index (χ1) is 13.6. The van der Waals surface area contributed by atoms with Crippen molar-refractivity contribution in [2.75, 3.05) is 0 Å². The number of hydrogen-bond acceptors (Lipinski definition) is 5. The average Bonchev–Trinajstić information content (AvgIpc) is 3.36. The number of carbonyl (C=O) groups is 1. The lowest BCUT2D eigenvalue weighted by atomic mass is 10.1. The highest BCUT2D eigenvalue weighted by Crippen LogP contribution is 2.14. The van der Waals surface area contributed by atoms with Crippen LogP contribution in [0.5, 0.6) is 0 Å². The van der Waals surface area contributed by atoms with E-state index in [4.69, 9.17) is 0 Å². The molecule has 0 atom stereocenters. The van der Waals surface area contributed by atoms with E-state index in [2.05, 4.69) is 25.6 Å². The predicted molar refractivity (Wildman–Crippen MR) is 106 cm³/mol. The zero-order chi connectivity index (χ0) is 19.5. The minimum Gasteiger partial charge on any atom is -0.331 e. The van der Waals surface area contributed by atoms with Crippen molar-refractivity contribution in [2.24, 2.45) is 12.1 Å². The van der Waals surface area contributed by atoms with Gasteiger partial charge in [-0.05, 0) is 36.8 Å². The van der Waals surface area contributed by atoms with E-state index in [0.717, 1.165) is 22.3 Å². The normalized spacial score (nSPS) is 11.7. The summed E-state index contributed by atoms with van der Waals surface area (Å²) in [6.45, 7) is 1.85. The summed E-state index contributed by atoms with van der Waals surface area (Å²) < 4.78 is 3.60. The van der Waals surface area contributed by atoms with Crippen molar-refractivity contribution in [3.8, 4) is 5.69 Å². The molecule has 2 heterocycles. The van der Waals surface area contributed by atoms with Crippen LogP contribution in [0, 0.1) is 0 Å². The van der Waals surface area contributed by atoms with Crippen LogP contribution in [-0.4, -0.2) is 35.9 Å². The van der Waals surface area contributed by atoms with Gasteiger partial charge in [0, 0.05) is 7.05 Å². The largest absolute Gasteiger partial charge is 0.331 e. The molecule has 140 valence electrons. The Morgan fingerprint density at radius 2 is 1.93 bits per heavy atom. The highest BCUT2D eigenvalue weighted by atomic mass is 16.2. The van der Waals surface area contributed by atoms with E-state index in [1.54, 1.807) is 11.0 Å². The van der Waals surface area contributed by atoms with E-state index < -0.39 is 0 Å². The van der Waals surface area contributed by atoms with Gasteiger partial charge in [-0.1, -0.05) is 24.3 Å². The van der Waals surface area contributed by atoms with E-state index in [1.807, 2.05) is 67.1 Å². The number of para-hydroxylation sites is 2. The van der Waals surface area contributed by atoms with Crippen LogP contribution in [0.3, 0.4) is 0 Å². The van der Waals surface area contributed by atoms with Crippen molar-refractivity contribution in [3.63, 3.8) is 0 Å². The Morgan fingerprint density at radius 3 is 2.64 bits per heavy atom. The predicted octanol–water partition coefficient (Wildman–Crippen LogP) is 2.24. The molecule has 0 spiro atoms. The van der Waals surface area contributed by atoms with Gasteiger partial charge in [0.15, 0.2) is 0 Å². The second kappa shape index (κ2) is 7.43. The Labute approximate surface area is 161 Å². The minimum atomic E-state index is -0.211. The van der Waals surface area contributed by atoms with Crippen LogP contribution >= 0.6 is 0 Å². The topological polar surface area (TPSA) is 90.0 Å². The van der Waals surface area contributed by atoms with E-state index in [-0.39, 0.29) is 12.3 Å². The number of aromatic nitrogens is 5. The van der Waals surface area contributed by atoms with Gasteiger partial charge in [0.05, 0.1) is 28.9 Å². The average molecular weight is 373 g/mol. The maximum absolute atomic E-state index is 12.3. The quantitative estimate of drug-likeness (QED) is 0.429. The molecule has 28 heavy (non-hydrogen) atoms. The Kier molecular flexibility index (Phi) is 4.67. The standard InChI is InChI=1S/C20H19N7O/c1-14(15-7-9-16(10-8-15)27-13-21-12-22-27)24-25-20(28)11-19-23-17-5-3-4-6-18(17)26(19)2/h3-10,12-13H,11H2,1-2H3,(H,25,28)/b24-14+. The van der Waals surface area contributed by atoms with Crippen molar-refractivity contribution in [2.45, 2.75) is 13.3 Å². The number of imidazole rings is 1. The van der Waals surface area contributed by atoms with Gasteiger partial charge in [-0.2, -0.15) is 10.2 Å². The van der Waals surface area contributed by atoms with Gasteiger partial charge in [0.25, 0.3) is 0 Å². The number of nitrogens with zero attached hydrogens (tertiary/aromatic N) is 6. The fourth-order valence-electron chi connectivity index (χ4n) is 2.94. The minimum absolute atomic E-state index is 0.160. The fraction of sp³-hybridized carbons (Fsp3) is 0.150. The molecule has 0 aliphatic rings. The lowest BCUT2D eigenvalue weighted by Gasteiger charge is -2.05. The molecule has 0 aliphatic heterocycles. The van der Waals surface area contributed by atoms with Gasteiger partial charge in [0.2, 0.25) is 5.91 Å². The van der Waals surface area contributed by atoms with Crippen molar-refractivity contribution in [1.82, 2.24) is 29.7 Å². The van der Waals surface area contributed by atoms with Crippen LogP contribution in [-0.2, 0) is 18.3 Å². The zero-order valence-electron chi connectivity index (χ0n) is 15.6. The number of rotatable bonds is 5.